The van der Waals surface area contributed by atoms with Gasteiger partial charge >= 0.3 is 0 Å². The number of Topliss-reactive ketones (excluding diaryl/α,β-unsaturated/α-hetero) is 1. The monoisotopic (exact) mass is 372 g/mol. The SMILES string of the molecule is CN(C)/C=C(/C(=O)c1nc2ccccc2s1)S(=O)(=O)c1ccccc1. The predicted molar refractivity (Wildman–Crippen MR) is 99.3 cm³/mol. The maximum absolute atomic E-state index is 13.0. The lowest BCUT2D eigenvalue weighted by molar-refractivity contribution is 0.104. The molecule has 3 aromatic rings. The first-order chi connectivity index (χ1) is 11.9. The summed E-state index contributed by atoms with van der Waals surface area (Å²) < 4.78 is 26.8. The van der Waals surface area contributed by atoms with Crippen LogP contribution in [0.1, 0.15) is 9.80 Å². The van der Waals surface area contributed by atoms with E-state index in [4.69, 9.17) is 0 Å². The van der Waals surface area contributed by atoms with Gasteiger partial charge in [-0.25, -0.2) is 13.4 Å². The number of sulfone groups is 1. The molecule has 0 saturated heterocycles. The lowest BCUT2D eigenvalue weighted by atomic mass is 10.3. The third kappa shape index (κ3) is 3.47. The Labute approximate surface area is 150 Å². The summed E-state index contributed by atoms with van der Waals surface area (Å²) >= 11 is 1.19. The van der Waals surface area contributed by atoms with Crippen LogP contribution < -0.4 is 0 Å². The summed E-state index contributed by atoms with van der Waals surface area (Å²) in [5, 5.41) is 0.161. The topological polar surface area (TPSA) is 67.3 Å². The Hall–Kier alpha value is -2.51. The number of allylic oxidation sites excluding steroid dienone is 1. The number of thiazole rings is 1. The van der Waals surface area contributed by atoms with Crippen molar-refractivity contribution in [3.8, 4) is 0 Å². The number of benzene rings is 2. The van der Waals surface area contributed by atoms with Crippen LogP contribution >= 0.6 is 11.3 Å². The number of carbonyl (C=O) groups is 1. The quantitative estimate of drug-likeness (QED) is 0.507. The fraction of sp³-hybridized carbons (Fsp3) is 0.111. The van der Waals surface area contributed by atoms with Crippen LogP contribution in [0.5, 0.6) is 0 Å². The van der Waals surface area contributed by atoms with Crippen LogP contribution in [0.3, 0.4) is 0 Å². The van der Waals surface area contributed by atoms with Gasteiger partial charge in [-0.05, 0) is 24.3 Å². The summed E-state index contributed by atoms with van der Waals surface area (Å²) in [5.41, 5.74) is 0.678. The van der Waals surface area contributed by atoms with Gasteiger partial charge in [0.05, 0.1) is 15.1 Å². The molecule has 0 aliphatic carbocycles. The highest BCUT2D eigenvalue weighted by molar-refractivity contribution is 7.96. The molecule has 0 bridgehead atoms. The zero-order valence-electron chi connectivity index (χ0n) is 13.7. The molecule has 0 radical (unpaired) electrons. The number of nitrogens with zero attached hydrogens (tertiary/aromatic N) is 2. The lowest BCUT2D eigenvalue weighted by Gasteiger charge is -2.11. The van der Waals surface area contributed by atoms with Crippen LogP contribution in [-0.4, -0.2) is 38.2 Å². The lowest BCUT2D eigenvalue weighted by Crippen LogP contribution is -2.18. The minimum absolute atomic E-state index is 0.0811. The highest BCUT2D eigenvalue weighted by Crippen LogP contribution is 2.27. The van der Waals surface area contributed by atoms with Crippen LogP contribution in [0.4, 0.5) is 0 Å². The van der Waals surface area contributed by atoms with Crippen molar-refractivity contribution in [2.75, 3.05) is 14.1 Å². The van der Waals surface area contributed by atoms with Gasteiger partial charge in [0.1, 0.15) is 4.91 Å². The highest BCUT2D eigenvalue weighted by atomic mass is 32.2. The minimum atomic E-state index is -3.94. The number of rotatable bonds is 5. The molecule has 0 amide bonds. The van der Waals surface area contributed by atoms with Crippen LogP contribution in [-0.2, 0) is 9.84 Å². The fourth-order valence-corrected chi connectivity index (χ4v) is 4.73. The standard InChI is InChI=1S/C18H16N2O3S2/c1-20(2)12-16(25(22,23)13-8-4-3-5-9-13)17(21)18-19-14-10-6-7-11-15(14)24-18/h3-12H,1-2H3/b16-12-. The van der Waals surface area contributed by atoms with Crippen molar-refractivity contribution in [3.05, 3.63) is 70.7 Å². The zero-order valence-corrected chi connectivity index (χ0v) is 15.3. The fourth-order valence-electron chi connectivity index (χ4n) is 2.29. The average molecular weight is 372 g/mol. The Morgan fingerprint density at radius 3 is 2.32 bits per heavy atom. The molecule has 128 valence electrons. The minimum Gasteiger partial charge on any atom is -0.382 e. The van der Waals surface area contributed by atoms with Gasteiger partial charge in [0.25, 0.3) is 0 Å². The molecule has 25 heavy (non-hydrogen) atoms. The summed E-state index contributed by atoms with van der Waals surface area (Å²) in [4.78, 5) is 18.6. The number of para-hydroxylation sites is 1. The second-order valence-electron chi connectivity index (χ2n) is 5.59. The second-order valence-corrected chi connectivity index (χ2v) is 8.54. The zero-order chi connectivity index (χ0) is 18.0. The first-order valence-electron chi connectivity index (χ1n) is 7.48. The predicted octanol–water partition coefficient (Wildman–Crippen LogP) is 3.36. The molecule has 7 heteroatoms. The molecule has 5 nitrogen and oxygen atoms in total. The van der Waals surface area contributed by atoms with E-state index in [9.17, 15) is 13.2 Å². The van der Waals surface area contributed by atoms with Crippen molar-refractivity contribution >= 4 is 37.2 Å². The van der Waals surface area contributed by atoms with Gasteiger partial charge in [-0.3, -0.25) is 4.79 Å². The molecule has 1 heterocycles. The molecule has 0 unspecified atom stereocenters. The third-order valence-electron chi connectivity index (χ3n) is 3.43. The van der Waals surface area contributed by atoms with Gasteiger partial charge in [0.15, 0.2) is 5.01 Å². The van der Waals surface area contributed by atoms with Crippen molar-refractivity contribution in [3.63, 3.8) is 0 Å². The van der Waals surface area contributed by atoms with E-state index in [1.54, 1.807) is 43.3 Å². The Morgan fingerprint density at radius 1 is 1.04 bits per heavy atom. The van der Waals surface area contributed by atoms with Crippen molar-refractivity contribution in [1.29, 1.82) is 0 Å². The van der Waals surface area contributed by atoms with E-state index in [0.717, 1.165) is 4.70 Å². The van der Waals surface area contributed by atoms with Crippen LogP contribution in [0.25, 0.3) is 10.2 Å². The number of hydrogen-bond acceptors (Lipinski definition) is 6. The summed E-state index contributed by atoms with van der Waals surface area (Å²) in [6.45, 7) is 0. The molecule has 3 rings (SSSR count). The molecular weight excluding hydrogens is 356 g/mol. The molecule has 2 aromatic carbocycles. The number of ketones is 1. The van der Waals surface area contributed by atoms with Gasteiger partial charge in [0.2, 0.25) is 15.6 Å². The molecule has 0 N–H and O–H groups in total. The van der Waals surface area contributed by atoms with E-state index in [2.05, 4.69) is 4.98 Å². The second kappa shape index (κ2) is 6.78. The van der Waals surface area contributed by atoms with Crippen molar-refractivity contribution in [2.45, 2.75) is 4.90 Å². The normalized spacial score (nSPS) is 12.3. The van der Waals surface area contributed by atoms with Gasteiger partial charge in [0, 0.05) is 20.3 Å². The molecule has 1 aromatic heterocycles. The number of aromatic nitrogens is 1. The smallest absolute Gasteiger partial charge is 0.234 e. The Kier molecular flexibility index (Phi) is 4.69. The molecular formula is C18H16N2O3S2. The Morgan fingerprint density at radius 2 is 1.68 bits per heavy atom. The summed E-state index contributed by atoms with van der Waals surface area (Å²) in [7, 11) is -0.599. The van der Waals surface area contributed by atoms with Crippen molar-refractivity contribution < 1.29 is 13.2 Å². The van der Waals surface area contributed by atoms with E-state index < -0.39 is 15.6 Å². The maximum Gasteiger partial charge on any atom is 0.234 e. The summed E-state index contributed by atoms with van der Waals surface area (Å²) in [6, 6.07) is 15.3. The average Bonchev–Trinajstić information content (AvgIpc) is 3.04. The number of carbonyl (C=O) groups excluding carboxylic acids is 1. The van der Waals surface area contributed by atoms with Gasteiger partial charge in [-0.2, -0.15) is 0 Å². The molecule has 0 aliphatic rings. The Bertz CT molecular complexity index is 1020. The van der Waals surface area contributed by atoms with Crippen molar-refractivity contribution in [2.24, 2.45) is 0 Å². The van der Waals surface area contributed by atoms with Crippen LogP contribution in [0, 0.1) is 0 Å². The van der Waals surface area contributed by atoms with Crippen LogP contribution in [0.15, 0.2) is 70.6 Å². The van der Waals surface area contributed by atoms with Crippen LogP contribution in [0.2, 0.25) is 0 Å². The first kappa shape index (κ1) is 17.3. The summed E-state index contributed by atoms with van der Waals surface area (Å²) in [5.74, 6) is -0.598. The van der Waals surface area contributed by atoms with E-state index in [0.29, 0.717) is 5.52 Å². The molecule has 0 saturated carbocycles. The maximum atomic E-state index is 13.0. The molecule has 0 atom stereocenters. The number of fused-ring (bicyclic) bond motifs is 1. The Balaban J connectivity index is 2.12. The van der Waals surface area contributed by atoms with E-state index in [-0.39, 0.29) is 14.8 Å². The van der Waals surface area contributed by atoms with Crippen molar-refractivity contribution in [1.82, 2.24) is 9.88 Å². The largest absolute Gasteiger partial charge is 0.382 e. The van der Waals surface area contributed by atoms with E-state index in [1.807, 2.05) is 18.2 Å². The first-order valence-corrected chi connectivity index (χ1v) is 9.78. The summed E-state index contributed by atoms with van der Waals surface area (Å²) in [6.07, 6.45) is 1.33. The number of hydrogen-bond donors (Lipinski definition) is 0. The molecule has 0 aliphatic heterocycles. The highest BCUT2D eigenvalue weighted by Gasteiger charge is 2.30. The van der Waals surface area contributed by atoms with Gasteiger partial charge in [-0.15, -0.1) is 11.3 Å². The van der Waals surface area contributed by atoms with E-state index in [1.165, 1.54) is 29.7 Å². The van der Waals surface area contributed by atoms with Gasteiger partial charge < -0.3 is 4.90 Å². The molecule has 0 fully saturated rings. The van der Waals surface area contributed by atoms with E-state index >= 15 is 0 Å². The third-order valence-corrected chi connectivity index (χ3v) is 6.23. The molecule has 0 spiro atoms. The van der Waals surface area contributed by atoms with Gasteiger partial charge in [-0.1, -0.05) is 30.3 Å².